The van der Waals surface area contributed by atoms with Gasteiger partial charge < -0.3 is 4.90 Å². The molecule has 3 rings (SSSR count). The minimum atomic E-state index is 0.949. The summed E-state index contributed by atoms with van der Waals surface area (Å²) >= 11 is 0. The summed E-state index contributed by atoms with van der Waals surface area (Å²) in [6, 6.07) is 0.949. The standard InChI is InChI=1S/C14H23N/c1-11-6-7-14-13-5-3-2-4-12(13)8-9-15(14)10-11/h11,14H,2-10H2,1H3/p+1/t11-,14-/m1/s1. The van der Waals surface area contributed by atoms with E-state index >= 15 is 0 Å². The zero-order valence-electron chi connectivity index (χ0n) is 10.0. The normalized spacial score (nSPS) is 41.0. The molecule has 1 N–H and O–H groups in total. The number of hydrogen-bond acceptors (Lipinski definition) is 0. The lowest BCUT2D eigenvalue weighted by molar-refractivity contribution is -0.930. The average molecular weight is 206 g/mol. The number of fused-ring (bicyclic) bond motifs is 2. The van der Waals surface area contributed by atoms with Gasteiger partial charge in [0.15, 0.2) is 0 Å². The van der Waals surface area contributed by atoms with Crippen LogP contribution in [0.3, 0.4) is 0 Å². The van der Waals surface area contributed by atoms with Gasteiger partial charge in [-0.15, -0.1) is 0 Å². The van der Waals surface area contributed by atoms with Crippen LogP contribution in [0.2, 0.25) is 0 Å². The van der Waals surface area contributed by atoms with E-state index in [-0.39, 0.29) is 0 Å². The number of nitrogens with one attached hydrogen (secondary N) is 1. The molecule has 0 aromatic heterocycles. The third-order valence-electron chi connectivity index (χ3n) is 4.85. The first kappa shape index (κ1) is 9.89. The minimum Gasteiger partial charge on any atom is -0.329 e. The molecule has 0 spiro atoms. The fourth-order valence-electron chi connectivity index (χ4n) is 4.05. The van der Waals surface area contributed by atoms with E-state index in [0.29, 0.717) is 0 Å². The van der Waals surface area contributed by atoms with Crippen molar-refractivity contribution in [3.63, 3.8) is 0 Å². The SMILES string of the molecule is C[C@@H]1CC[C@@H]2C3=C(CCCC3)CC[NH+]2C1. The van der Waals surface area contributed by atoms with Crippen LogP contribution in [0.5, 0.6) is 0 Å². The zero-order valence-corrected chi connectivity index (χ0v) is 10.0. The van der Waals surface area contributed by atoms with Gasteiger partial charge in [-0.3, -0.25) is 0 Å². The fourth-order valence-corrected chi connectivity index (χ4v) is 4.05. The first-order valence-electron chi connectivity index (χ1n) is 6.90. The third-order valence-corrected chi connectivity index (χ3v) is 4.85. The van der Waals surface area contributed by atoms with Gasteiger partial charge in [0.25, 0.3) is 0 Å². The molecule has 0 aromatic rings. The van der Waals surface area contributed by atoms with Crippen molar-refractivity contribution in [1.82, 2.24) is 0 Å². The average Bonchev–Trinajstić information content (AvgIpc) is 2.28. The molecule has 1 heteroatoms. The van der Waals surface area contributed by atoms with Crippen molar-refractivity contribution in [2.75, 3.05) is 13.1 Å². The first-order chi connectivity index (χ1) is 7.34. The van der Waals surface area contributed by atoms with Gasteiger partial charge in [0, 0.05) is 18.8 Å². The van der Waals surface area contributed by atoms with Gasteiger partial charge in [-0.2, -0.15) is 0 Å². The topological polar surface area (TPSA) is 4.44 Å². The van der Waals surface area contributed by atoms with Crippen molar-refractivity contribution in [2.45, 2.75) is 57.9 Å². The van der Waals surface area contributed by atoms with Crippen LogP contribution in [0.15, 0.2) is 11.1 Å². The molecule has 84 valence electrons. The van der Waals surface area contributed by atoms with E-state index in [2.05, 4.69) is 6.92 Å². The molecule has 3 aliphatic rings. The molecular formula is C14H24N+. The summed E-state index contributed by atoms with van der Waals surface area (Å²) in [7, 11) is 0. The molecule has 2 heterocycles. The summed E-state index contributed by atoms with van der Waals surface area (Å²) < 4.78 is 0. The molecule has 0 saturated carbocycles. The molecule has 15 heavy (non-hydrogen) atoms. The molecule has 1 saturated heterocycles. The Labute approximate surface area is 93.5 Å². The number of rotatable bonds is 0. The molecule has 0 bridgehead atoms. The summed E-state index contributed by atoms with van der Waals surface area (Å²) in [5, 5.41) is 0. The molecule has 0 radical (unpaired) electrons. The van der Waals surface area contributed by atoms with Crippen molar-refractivity contribution in [2.24, 2.45) is 5.92 Å². The van der Waals surface area contributed by atoms with E-state index in [1.165, 1.54) is 58.0 Å². The third kappa shape index (κ3) is 1.75. The van der Waals surface area contributed by atoms with Crippen LogP contribution in [-0.2, 0) is 0 Å². The van der Waals surface area contributed by atoms with Gasteiger partial charge >= 0.3 is 0 Å². The highest BCUT2D eigenvalue weighted by Gasteiger charge is 2.37. The van der Waals surface area contributed by atoms with Crippen molar-refractivity contribution in [3.05, 3.63) is 11.1 Å². The van der Waals surface area contributed by atoms with E-state index in [0.717, 1.165) is 12.0 Å². The Morgan fingerprint density at radius 1 is 1.07 bits per heavy atom. The second-order valence-electron chi connectivity index (χ2n) is 5.93. The summed E-state index contributed by atoms with van der Waals surface area (Å²) in [6.45, 7) is 5.32. The van der Waals surface area contributed by atoms with E-state index in [4.69, 9.17) is 0 Å². The molecule has 0 aromatic carbocycles. The van der Waals surface area contributed by atoms with E-state index < -0.39 is 0 Å². The van der Waals surface area contributed by atoms with Gasteiger partial charge in [-0.25, -0.2) is 0 Å². The van der Waals surface area contributed by atoms with Crippen molar-refractivity contribution >= 4 is 0 Å². The van der Waals surface area contributed by atoms with Crippen molar-refractivity contribution in [1.29, 1.82) is 0 Å². The maximum absolute atomic E-state index is 2.44. The minimum absolute atomic E-state index is 0.949. The smallest absolute Gasteiger partial charge is 0.109 e. The quantitative estimate of drug-likeness (QED) is 0.578. The number of piperidine rings is 1. The van der Waals surface area contributed by atoms with E-state index in [9.17, 15) is 0 Å². The van der Waals surface area contributed by atoms with Crippen LogP contribution in [0.4, 0.5) is 0 Å². The maximum atomic E-state index is 2.44. The summed E-state index contributed by atoms with van der Waals surface area (Å²) in [5.74, 6) is 0.974. The zero-order chi connectivity index (χ0) is 10.3. The maximum Gasteiger partial charge on any atom is 0.109 e. The monoisotopic (exact) mass is 206 g/mol. The molecule has 2 aliphatic heterocycles. The largest absolute Gasteiger partial charge is 0.329 e. The van der Waals surface area contributed by atoms with Crippen LogP contribution in [0.1, 0.15) is 51.9 Å². The predicted molar refractivity (Wildman–Crippen MR) is 63.0 cm³/mol. The van der Waals surface area contributed by atoms with Gasteiger partial charge in [-0.05, 0) is 37.7 Å². The molecule has 3 atom stereocenters. The number of quaternary nitrogens is 1. The van der Waals surface area contributed by atoms with Crippen LogP contribution in [0.25, 0.3) is 0 Å². The lowest BCUT2D eigenvalue weighted by Gasteiger charge is -2.42. The summed E-state index contributed by atoms with van der Waals surface area (Å²) in [6.07, 6.45) is 10.2. The summed E-state index contributed by atoms with van der Waals surface area (Å²) in [4.78, 5) is 1.93. The van der Waals surface area contributed by atoms with Crippen LogP contribution in [0, 0.1) is 5.92 Å². The predicted octanol–water partition coefficient (Wildman–Crippen LogP) is 1.94. The van der Waals surface area contributed by atoms with Gasteiger partial charge in [0.05, 0.1) is 13.1 Å². The Hall–Kier alpha value is -0.300. The Morgan fingerprint density at radius 3 is 2.87 bits per heavy atom. The lowest BCUT2D eigenvalue weighted by Crippen LogP contribution is -3.18. The van der Waals surface area contributed by atoms with E-state index in [1.807, 2.05) is 16.0 Å². The van der Waals surface area contributed by atoms with Gasteiger partial charge in [0.2, 0.25) is 0 Å². The Balaban J connectivity index is 1.83. The lowest BCUT2D eigenvalue weighted by atomic mass is 9.78. The summed E-state index contributed by atoms with van der Waals surface area (Å²) in [5.41, 5.74) is 3.79. The highest BCUT2D eigenvalue weighted by Crippen LogP contribution is 2.32. The van der Waals surface area contributed by atoms with Gasteiger partial charge in [-0.1, -0.05) is 12.5 Å². The molecule has 1 fully saturated rings. The molecular weight excluding hydrogens is 182 g/mol. The Morgan fingerprint density at radius 2 is 1.93 bits per heavy atom. The second-order valence-corrected chi connectivity index (χ2v) is 5.93. The molecule has 1 unspecified atom stereocenters. The van der Waals surface area contributed by atoms with Crippen LogP contribution in [-0.4, -0.2) is 19.1 Å². The van der Waals surface area contributed by atoms with Crippen LogP contribution < -0.4 is 4.90 Å². The highest BCUT2D eigenvalue weighted by atomic mass is 15.2. The van der Waals surface area contributed by atoms with Crippen molar-refractivity contribution in [3.8, 4) is 0 Å². The Bertz CT molecular complexity index is 279. The highest BCUT2D eigenvalue weighted by molar-refractivity contribution is 5.22. The second kappa shape index (κ2) is 3.93. The molecule has 1 aliphatic carbocycles. The molecule has 0 amide bonds. The Kier molecular flexibility index (Phi) is 2.59. The van der Waals surface area contributed by atoms with E-state index in [1.54, 1.807) is 0 Å². The van der Waals surface area contributed by atoms with Gasteiger partial charge in [0.1, 0.15) is 6.04 Å². The number of hydrogen-bond donors (Lipinski definition) is 1. The first-order valence-corrected chi connectivity index (χ1v) is 6.90. The fraction of sp³-hybridized carbons (Fsp3) is 0.857. The molecule has 1 nitrogen and oxygen atoms in total. The van der Waals surface area contributed by atoms with Crippen LogP contribution >= 0.6 is 0 Å². The van der Waals surface area contributed by atoms with Crippen molar-refractivity contribution < 1.29 is 4.90 Å².